The molecule has 1 fully saturated rings. The molecule has 1 aliphatic rings. The number of pyridine rings is 1. The van der Waals surface area contributed by atoms with Gasteiger partial charge >= 0.3 is 0 Å². The van der Waals surface area contributed by atoms with E-state index in [0.717, 1.165) is 35.2 Å². The number of halogens is 1. The molecule has 0 bridgehead atoms. The van der Waals surface area contributed by atoms with Gasteiger partial charge in [0.15, 0.2) is 11.5 Å². The maximum atomic E-state index is 6.13. The second kappa shape index (κ2) is 5.60. The smallest absolute Gasteiger partial charge is 0.161 e. The summed E-state index contributed by atoms with van der Waals surface area (Å²) in [6, 6.07) is 5.90. The molecule has 0 spiro atoms. The average molecular weight is 307 g/mol. The SMILES string of the molecule is COc1cc2ccnc(NC3(CCl)CCC3)c2cc1OC. The number of anilines is 1. The minimum absolute atomic E-state index is 0.0179. The van der Waals surface area contributed by atoms with Crippen LogP contribution in [0.15, 0.2) is 24.4 Å². The van der Waals surface area contributed by atoms with Gasteiger partial charge in [-0.1, -0.05) is 0 Å². The zero-order chi connectivity index (χ0) is 14.9. The quantitative estimate of drug-likeness (QED) is 0.853. The summed E-state index contributed by atoms with van der Waals surface area (Å²) in [5.41, 5.74) is -0.0179. The van der Waals surface area contributed by atoms with E-state index < -0.39 is 0 Å². The Hall–Kier alpha value is -1.68. The lowest BCUT2D eigenvalue weighted by molar-refractivity contribution is 0.310. The lowest BCUT2D eigenvalue weighted by Gasteiger charge is -2.41. The summed E-state index contributed by atoms with van der Waals surface area (Å²) in [5, 5.41) is 5.62. The van der Waals surface area contributed by atoms with Crippen molar-refractivity contribution >= 4 is 28.2 Å². The molecule has 3 rings (SSSR count). The van der Waals surface area contributed by atoms with Crippen LogP contribution in [0, 0.1) is 0 Å². The first-order chi connectivity index (χ1) is 10.2. The highest BCUT2D eigenvalue weighted by molar-refractivity contribution is 6.19. The van der Waals surface area contributed by atoms with E-state index in [4.69, 9.17) is 21.1 Å². The second-order valence-electron chi connectivity index (χ2n) is 5.48. The van der Waals surface area contributed by atoms with E-state index in [1.165, 1.54) is 6.42 Å². The van der Waals surface area contributed by atoms with Gasteiger partial charge in [0.05, 0.1) is 19.8 Å². The summed E-state index contributed by atoms with van der Waals surface area (Å²) in [6.45, 7) is 0. The highest BCUT2D eigenvalue weighted by atomic mass is 35.5. The van der Waals surface area contributed by atoms with Crippen LogP contribution >= 0.6 is 11.6 Å². The van der Waals surface area contributed by atoms with E-state index in [9.17, 15) is 0 Å². The van der Waals surface area contributed by atoms with Gasteiger partial charge in [0, 0.05) is 17.5 Å². The summed E-state index contributed by atoms with van der Waals surface area (Å²) in [4.78, 5) is 4.49. The van der Waals surface area contributed by atoms with Crippen molar-refractivity contribution in [3.63, 3.8) is 0 Å². The molecule has 21 heavy (non-hydrogen) atoms. The normalized spacial score (nSPS) is 16.3. The molecule has 0 saturated heterocycles. The molecular formula is C16H19ClN2O2. The van der Waals surface area contributed by atoms with Crippen molar-refractivity contribution in [1.82, 2.24) is 4.98 Å². The average Bonchev–Trinajstić information content (AvgIpc) is 2.49. The van der Waals surface area contributed by atoms with E-state index >= 15 is 0 Å². The fourth-order valence-electron chi connectivity index (χ4n) is 2.75. The first kappa shape index (κ1) is 14.3. The Morgan fingerprint density at radius 2 is 1.95 bits per heavy atom. The van der Waals surface area contributed by atoms with Crippen molar-refractivity contribution in [3.05, 3.63) is 24.4 Å². The lowest BCUT2D eigenvalue weighted by atomic mass is 9.78. The van der Waals surface area contributed by atoms with Crippen LogP contribution in [-0.2, 0) is 0 Å². The van der Waals surface area contributed by atoms with E-state index in [2.05, 4.69) is 10.3 Å². The van der Waals surface area contributed by atoms with Crippen LogP contribution in [-0.4, -0.2) is 30.6 Å². The van der Waals surface area contributed by atoms with E-state index in [1.54, 1.807) is 20.4 Å². The molecule has 1 saturated carbocycles. The first-order valence-electron chi connectivity index (χ1n) is 7.06. The number of alkyl halides is 1. The molecule has 2 aromatic rings. The summed E-state index contributed by atoms with van der Waals surface area (Å²) in [5.74, 6) is 2.87. The van der Waals surface area contributed by atoms with Gasteiger partial charge < -0.3 is 14.8 Å². The van der Waals surface area contributed by atoms with Gasteiger partial charge in [0.25, 0.3) is 0 Å². The third-order valence-corrected chi connectivity index (χ3v) is 4.73. The fraction of sp³-hybridized carbons (Fsp3) is 0.438. The van der Waals surface area contributed by atoms with E-state index in [-0.39, 0.29) is 5.54 Å². The molecule has 4 nitrogen and oxygen atoms in total. The minimum atomic E-state index is -0.0179. The Kier molecular flexibility index (Phi) is 3.81. The van der Waals surface area contributed by atoms with Crippen LogP contribution in [0.4, 0.5) is 5.82 Å². The Labute approximate surface area is 129 Å². The van der Waals surface area contributed by atoms with Crippen LogP contribution in [0.25, 0.3) is 10.8 Å². The Morgan fingerprint density at radius 1 is 1.24 bits per heavy atom. The predicted octanol–water partition coefficient (Wildman–Crippen LogP) is 3.83. The zero-order valence-electron chi connectivity index (χ0n) is 12.3. The molecule has 0 unspecified atom stereocenters. The van der Waals surface area contributed by atoms with Gasteiger partial charge in [0.1, 0.15) is 5.82 Å². The molecule has 0 amide bonds. The van der Waals surface area contributed by atoms with Gasteiger partial charge in [-0.15, -0.1) is 11.6 Å². The maximum Gasteiger partial charge on any atom is 0.161 e. The zero-order valence-corrected chi connectivity index (χ0v) is 13.0. The fourth-order valence-corrected chi connectivity index (χ4v) is 3.08. The predicted molar refractivity (Wildman–Crippen MR) is 85.8 cm³/mol. The van der Waals surface area contributed by atoms with Crippen molar-refractivity contribution in [3.8, 4) is 11.5 Å². The monoisotopic (exact) mass is 306 g/mol. The number of fused-ring (bicyclic) bond motifs is 1. The summed E-state index contributed by atoms with van der Waals surface area (Å²) >= 11 is 6.13. The molecule has 0 aliphatic heterocycles. The number of ether oxygens (including phenoxy) is 2. The Bertz CT molecular complexity index is 651. The third kappa shape index (κ3) is 2.48. The summed E-state index contributed by atoms with van der Waals surface area (Å²) in [6.07, 6.45) is 5.18. The van der Waals surface area contributed by atoms with Crippen LogP contribution < -0.4 is 14.8 Å². The molecule has 1 aliphatic carbocycles. The Morgan fingerprint density at radius 3 is 2.52 bits per heavy atom. The largest absolute Gasteiger partial charge is 0.493 e. The van der Waals surface area contributed by atoms with Gasteiger partial charge in [-0.25, -0.2) is 4.98 Å². The van der Waals surface area contributed by atoms with Crippen LogP contribution in [0.2, 0.25) is 0 Å². The molecule has 5 heteroatoms. The van der Waals surface area contributed by atoms with Gasteiger partial charge in [0.2, 0.25) is 0 Å². The molecule has 1 N–H and O–H groups in total. The number of aromatic nitrogens is 1. The molecule has 0 atom stereocenters. The topological polar surface area (TPSA) is 43.4 Å². The van der Waals surface area contributed by atoms with Crippen molar-refractivity contribution < 1.29 is 9.47 Å². The van der Waals surface area contributed by atoms with Crippen molar-refractivity contribution in [2.45, 2.75) is 24.8 Å². The van der Waals surface area contributed by atoms with Gasteiger partial charge in [-0.2, -0.15) is 0 Å². The molecule has 1 heterocycles. The van der Waals surface area contributed by atoms with Crippen molar-refractivity contribution in [2.24, 2.45) is 0 Å². The summed E-state index contributed by atoms with van der Waals surface area (Å²) in [7, 11) is 3.28. The molecule has 112 valence electrons. The maximum absolute atomic E-state index is 6.13. The van der Waals surface area contributed by atoms with Gasteiger partial charge in [-0.05, 0) is 42.8 Å². The van der Waals surface area contributed by atoms with E-state index in [0.29, 0.717) is 11.6 Å². The third-order valence-electron chi connectivity index (χ3n) is 4.22. The van der Waals surface area contributed by atoms with Crippen molar-refractivity contribution in [1.29, 1.82) is 0 Å². The number of nitrogens with zero attached hydrogens (tertiary/aromatic N) is 1. The van der Waals surface area contributed by atoms with Gasteiger partial charge in [-0.3, -0.25) is 0 Å². The molecular weight excluding hydrogens is 288 g/mol. The highest BCUT2D eigenvalue weighted by Crippen LogP contribution is 2.39. The molecule has 1 aromatic carbocycles. The van der Waals surface area contributed by atoms with Crippen LogP contribution in [0.1, 0.15) is 19.3 Å². The van der Waals surface area contributed by atoms with E-state index in [1.807, 2.05) is 18.2 Å². The number of hydrogen-bond acceptors (Lipinski definition) is 4. The minimum Gasteiger partial charge on any atom is -0.493 e. The van der Waals surface area contributed by atoms with Crippen LogP contribution in [0.5, 0.6) is 11.5 Å². The number of methoxy groups -OCH3 is 2. The van der Waals surface area contributed by atoms with Crippen molar-refractivity contribution in [2.75, 3.05) is 25.4 Å². The lowest BCUT2D eigenvalue weighted by Crippen LogP contribution is -2.47. The number of rotatable bonds is 5. The number of benzene rings is 1. The summed E-state index contributed by atoms with van der Waals surface area (Å²) < 4.78 is 10.7. The standard InChI is InChI=1S/C16H19ClN2O2/c1-20-13-8-11-4-7-18-15(12(11)9-14(13)21-2)19-16(10-17)5-3-6-16/h4,7-9H,3,5-6,10H2,1-2H3,(H,18,19). The number of hydrogen-bond donors (Lipinski definition) is 1. The Balaban J connectivity index is 2.06. The second-order valence-corrected chi connectivity index (χ2v) is 5.75. The molecule has 0 radical (unpaired) electrons. The highest BCUT2D eigenvalue weighted by Gasteiger charge is 2.36. The number of nitrogens with one attached hydrogen (secondary N) is 1. The van der Waals surface area contributed by atoms with Crippen LogP contribution in [0.3, 0.4) is 0 Å². The molecule has 1 aromatic heterocycles. The first-order valence-corrected chi connectivity index (χ1v) is 7.60.